The molecule has 14 heavy (non-hydrogen) atoms. The fourth-order valence-corrected chi connectivity index (χ4v) is 0.782. The van der Waals surface area contributed by atoms with Crippen LogP contribution in [-0.4, -0.2) is 36.7 Å². The van der Waals surface area contributed by atoms with Crippen molar-refractivity contribution >= 4 is 11.9 Å². The van der Waals surface area contributed by atoms with Gasteiger partial charge in [-0.3, -0.25) is 9.59 Å². The van der Waals surface area contributed by atoms with E-state index in [1.165, 1.54) is 0 Å². The van der Waals surface area contributed by atoms with Crippen LogP contribution in [0.3, 0.4) is 0 Å². The molecule has 5 heteroatoms. The molecule has 0 saturated carbocycles. The first-order valence-corrected chi connectivity index (χ1v) is 4.58. The maximum Gasteiger partial charge on any atom is 0.312 e. The third-order valence-corrected chi connectivity index (χ3v) is 1.33. The average Bonchev–Trinajstić information content (AvgIpc) is 2.01. The molecular weight excluding hydrogens is 186 g/mol. The Morgan fingerprint density at radius 1 is 1.43 bits per heavy atom. The van der Waals surface area contributed by atoms with E-state index in [1.54, 1.807) is 0 Å². The monoisotopic (exact) mass is 203 g/mol. The molecule has 0 rings (SSSR count). The molecule has 1 amide bonds. The molecule has 0 bridgehead atoms. The summed E-state index contributed by atoms with van der Waals surface area (Å²) in [6, 6.07) is 0. The second-order valence-electron chi connectivity index (χ2n) is 3.39. The summed E-state index contributed by atoms with van der Waals surface area (Å²) < 4.78 is 5.19. The van der Waals surface area contributed by atoms with Crippen molar-refractivity contribution in [2.75, 3.05) is 19.8 Å². The quantitative estimate of drug-likeness (QED) is 0.459. The number of nitrogens with one attached hydrogen (secondary N) is 1. The van der Waals surface area contributed by atoms with Gasteiger partial charge in [0.1, 0.15) is 6.42 Å². The molecule has 0 aromatic rings. The van der Waals surface area contributed by atoms with Crippen LogP contribution in [0, 0.1) is 5.92 Å². The number of carboxylic acids is 1. The highest BCUT2D eigenvalue weighted by molar-refractivity contribution is 5.93. The van der Waals surface area contributed by atoms with Crippen LogP contribution in [0.2, 0.25) is 0 Å². The van der Waals surface area contributed by atoms with Gasteiger partial charge < -0.3 is 15.2 Å². The molecule has 0 aromatic carbocycles. The Labute approximate surface area is 83.4 Å². The number of carbonyl (C=O) groups excluding carboxylic acids is 1. The molecule has 0 fully saturated rings. The number of aliphatic carboxylic acids is 1. The smallest absolute Gasteiger partial charge is 0.312 e. The van der Waals surface area contributed by atoms with Gasteiger partial charge in [0, 0.05) is 13.2 Å². The van der Waals surface area contributed by atoms with Crippen LogP contribution in [0.1, 0.15) is 20.3 Å². The summed E-state index contributed by atoms with van der Waals surface area (Å²) in [6.07, 6.45) is -0.482. The van der Waals surface area contributed by atoms with Gasteiger partial charge in [-0.05, 0) is 5.92 Å². The molecule has 0 aromatic heterocycles. The standard InChI is InChI=1S/C9H17NO4/c1-7(2)6-14-4-3-10-8(11)5-9(12)13/h7H,3-6H2,1-2H3,(H,10,11)(H,12,13). The Morgan fingerprint density at radius 3 is 2.57 bits per heavy atom. The molecular formula is C9H17NO4. The molecule has 2 N–H and O–H groups in total. The van der Waals surface area contributed by atoms with Crippen LogP contribution in [0.4, 0.5) is 0 Å². The Kier molecular flexibility index (Phi) is 6.74. The molecule has 0 radical (unpaired) electrons. The number of hydrogen-bond acceptors (Lipinski definition) is 3. The summed E-state index contributed by atoms with van der Waals surface area (Å²) in [4.78, 5) is 20.9. The van der Waals surface area contributed by atoms with Gasteiger partial charge in [-0.1, -0.05) is 13.8 Å². The van der Waals surface area contributed by atoms with Crippen molar-refractivity contribution in [3.8, 4) is 0 Å². The molecule has 0 aliphatic heterocycles. The molecule has 0 spiro atoms. The molecule has 0 heterocycles. The molecule has 0 aliphatic rings. The van der Waals surface area contributed by atoms with Crippen molar-refractivity contribution in [2.24, 2.45) is 5.92 Å². The highest BCUT2D eigenvalue weighted by Gasteiger charge is 2.05. The lowest BCUT2D eigenvalue weighted by Crippen LogP contribution is -2.29. The summed E-state index contributed by atoms with van der Waals surface area (Å²) in [5.74, 6) is -1.14. The van der Waals surface area contributed by atoms with Gasteiger partial charge in [0.25, 0.3) is 0 Å². The Morgan fingerprint density at radius 2 is 2.07 bits per heavy atom. The number of carboxylic acid groups (broad SMARTS) is 1. The van der Waals surface area contributed by atoms with Crippen LogP contribution in [-0.2, 0) is 14.3 Å². The van der Waals surface area contributed by atoms with Crippen LogP contribution in [0.25, 0.3) is 0 Å². The number of ether oxygens (including phenoxy) is 1. The SMILES string of the molecule is CC(C)COCCNC(=O)CC(=O)O. The fraction of sp³-hybridized carbons (Fsp3) is 0.778. The van der Waals surface area contributed by atoms with Crippen LogP contribution < -0.4 is 5.32 Å². The Bertz CT molecular complexity index is 191. The maximum absolute atomic E-state index is 10.8. The van der Waals surface area contributed by atoms with Gasteiger partial charge >= 0.3 is 5.97 Å². The first-order chi connectivity index (χ1) is 6.52. The molecule has 82 valence electrons. The summed E-state index contributed by atoms with van der Waals surface area (Å²) in [5, 5.41) is 10.7. The second kappa shape index (κ2) is 7.32. The highest BCUT2D eigenvalue weighted by atomic mass is 16.5. The maximum atomic E-state index is 10.8. The van der Waals surface area contributed by atoms with Crippen molar-refractivity contribution in [1.82, 2.24) is 5.32 Å². The van der Waals surface area contributed by atoms with E-state index in [0.29, 0.717) is 25.7 Å². The molecule has 5 nitrogen and oxygen atoms in total. The van der Waals surface area contributed by atoms with Gasteiger partial charge in [0.15, 0.2) is 0 Å². The minimum atomic E-state index is -1.12. The summed E-state index contributed by atoms with van der Waals surface area (Å²) in [5.41, 5.74) is 0. The predicted molar refractivity (Wildman–Crippen MR) is 50.9 cm³/mol. The third-order valence-electron chi connectivity index (χ3n) is 1.33. The van der Waals surface area contributed by atoms with Crippen LogP contribution in [0.5, 0.6) is 0 Å². The van der Waals surface area contributed by atoms with Gasteiger partial charge in [-0.25, -0.2) is 0 Å². The van der Waals surface area contributed by atoms with E-state index in [4.69, 9.17) is 9.84 Å². The van der Waals surface area contributed by atoms with E-state index in [2.05, 4.69) is 5.32 Å². The number of carbonyl (C=O) groups is 2. The minimum absolute atomic E-state index is 0.360. The van der Waals surface area contributed by atoms with E-state index in [-0.39, 0.29) is 0 Å². The molecule has 0 atom stereocenters. The Hall–Kier alpha value is -1.10. The molecule has 0 unspecified atom stereocenters. The van der Waals surface area contributed by atoms with E-state index < -0.39 is 18.3 Å². The fourth-order valence-electron chi connectivity index (χ4n) is 0.782. The number of amides is 1. The topological polar surface area (TPSA) is 75.6 Å². The highest BCUT2D eigenvalue weighted by Crippen LogP contribution is 1.91. The van der Waals surface area contributed by atoms with Crippen molar-refractivity contribution in [1.29, 1.82) is 0 Å². The lowest BCUT2D eigenvalue weighted by Gasteiger charge is -2.07. The van der Waals surface area contributed by atoms with E-state index in [1.807, 2.05) is 13.8 Å². The predicted octanol–water partition coefficient (Wildman–Crippen LogP) is 0.250. The summed E-state index contributed by atoms with van der Waals surface area (Å²) >= 11 is 0. The van der Waals surface area contributed by atoms with Crippen molar-refractivity contribution < 1.29 is 19.4 Å². The van der Waals surface area contributed by atoms with E-state index >= 15 is 0 Å². The summed E-state index contributed by atoms with van der Waals surface area (Å²) in [7, 11) is 0. The van der Waals surface area contributed by atoms with Crippen molar-refractivity contribution in [2.45, 2.75) is 20.3 Å². The zero-order chi connectivity index (χ0) is 11.0. The first kappa shape index (κ1) is 12.9. The molecule has 0 aliphatic carbocycles. The Balaban J connectivity index is 3.27. The third kappa shape index (κ3) is 8.99. The van der Waals surface area contributed by atoms with Crippen molar-refractivity contribution in [3.05, 3.63) is 0 Å². The molecule has 0 saturated heterocycles. The van der Waals surface area contributed by atoms with Crippen LogP contribution >= 0.6 is 0 Å². The summed E-state index contributed by atoms with van der Waals surface area (Å²) in [6.45, 7) is 5.49. The van der Waals surface area contributed by atoms with Crippen molar-refractivity contribution in [3.63, 3.8) is 0 Å². The minimum Gasteiger partial charge on any atom is -0.481 e. The van der Waals surface area contributed by atoms with E-state index in [9.17, 15) is 9.59 Å². The average molecular weight is 203 g/mol. The van der Waals surface area contributed by atoms with Gasteiger partial charge in [-0.15, -0.1) is 0 Å². The normalized spacial score (nSPS) is 10.2. The van der Waals surface area contributed by atoms with Gasteiger partial charge in [-0.2, -0.15) is 0 Å². The first-order valence-electron chi connectivity index (χ1n) is 4.58. The zero-order valence-electron chi connectivity index (χ0n) is 8.58. The van der Waals surface area contributed by atoms with Crippen LogP contribution in [0.15, 0.2) is 0 Å². The van der Waals surface area contributed by atoms with Gasteiger partial charge in [0.2, 0.25) is 5.91 Å². The second-order valence-corrected chi connectivity index (χ2v) is 3.39. The number of hydrogen-bond donors (Lipinski definition) is 2. The number of rotatable bonds is 7. The lowest BCUT2D eigenvalue weighted by molar-refractivity contribution is -0.140. The largest absolute Gasteiger partial charge is 0.481 e. The lowest BCUT2D eigenvalue weighted by atomic mass is 10.2. The van der Waals surface area contributed by atoms with E-state index in [0.717, 1.165) is 0 Å². The van der Waals surface area contributed by atoms with Gasteiger partial charge in [0.05, 0.1) is 6.61 Å². The zero-order valence-corrected chi connectivity index (χ0v) is 8.58.